The fourth-order valence-corrected chi connectivity index (χ4v) is 1.91. The molecule has 0 unspecified atom stereocenters. The number of nitrogens with two attached hydrogens (primary N) is 1. The van der Waals surface area contributed by atoms with E-state index < -0.39 is 0 Å². The molecule has 0 saturated carbocycles. The van der Waals surface area contributed by atoms with E-state index in [9.17, 15) is 4.79 Å². The molecule has 2 aromatic rings. The molecule has 1 heterocycles. The number of benzene rings is 1. The molecule has 3 N–H and O–H groups in total. The first-order valence-electron chi connectivity index (χ1n) is 5.40. The van der Waals surface area contributed by atoms with Crippen LogP contribution in [-0.4, -0.2) is 10.9 Å². The first kappa shape index (κ1) is 12.6. The van der Waals surface area contributed by atoms with Crippen LogP contribution in [-0.2, 0) is 11.2 Å². The Labute approximate surface area is 113 Å². The number of nitrogens with one attached hydrogen (secondary N) is 1. The number of hydrogen-bond acceptors (Lipinski definition) is 3. The Bertz CT molecular complexity index is 554. The number of amides is 1. The van der Waals surface area contributed by atoms with Crippen LogP contribution in [0, 0.1) is 0 Å². The molecule has 92 valence electrons. The first-order chi connectivity index (χ1) is 8.65. The van der Waals surface area contributed by atoms with Gasteiger partial charge in [-0.2, -0.15) is 0 Å². The van der Waals surface area contributed by atoms with Crippen molar-refractivity contribution in [2.45, 2.75) is 6.42 Å². The molecule has 5 heteroatoms. The van der Waals surface area contributed by atoms with Crippen molar-refractivity contribution in [3.05, 3.63) is 52.6 Å². The zero-order valence-corrected chi connectivity index (χ0v) is 11.1. The zero-order valence-electron chi connectivity index (χ0n) is 9.56. The van der Waals surface area contributed by atoms with E-state index in [4.69, 9.17) is 5.73 Å². The van der Waals surface area contributed by atoms with Crippen molar-refractivity contribution in [1.29, 1.82) is 0 Å². The van der Waals surface area contributed by atoms with E-state index in [-0.39, 0.29) is 5.91 Å². The summed E-state index contributed by atoms with van der Waals surface area (Å²) in [4.78, 5) is 15.8. The first-order valence-corrected chi connectivity index (χ1v) is 6.19. The molecule has 0 saturated heterocycles. The van der Waals surface area contributed by atoms with Gasteiger partial charge in [0.25, 0.3) is 0 Å². The third kappa shape index (κ3) is 3.30. The molecule has 0 radical (unpaired) electrons. The number of carbonyl (C=O) groups is 1. The number of halogens is 1. The number of anilines is 2. The van der Waals surface area contributed by atoms with Gasteiger partial charge < -0.3 is 11.1 Å². The van der Waals surface area contributed by atoms with E-state index in [2.05, 4.69) is 26.2 Å². The highest BCUT2D eigenvalue weighted by molar-refractivity contribution is 9.10. The molecule has 1 aromatic carbocycles. The second kappa shape index (κ2) is 5.64. The highest BCUT2D eigenvalue weighted by atomic mass is 79.9. The van der Waals surface area contributed by atoms with Gasteiger partial charge in [0, 0.05) is 4.47 Å². The third-order valence-corrected chi connectivity index (χ3v) is 3.14. The van der Waals surface area contributed by atoms with Crippen molar-refractivity contribution < 1.29 is 4.79 Å². The summed E-state index contributed by atoms with van der Waals surface area (Å²) in [6.45, 7) is 0. The van der Waals surface area contributed by atoms with Gasteiger partial charge in [0.1, 0.15) is 5.82 Å². The van der Waals surface area contributed by atoms with Crippen LogP contribution >= 0.6 is 15.9 Å². The summed E-state index contributed by atoms with van der Waals surface area (Å²) in [5.74, 6) is 0.389. The fraction of sp³-hybridized carbons (Fsp3) is 0.0769. The molecule has 1 amide bonds. The van der Waals surface area contributed by atoms with E-state index in [0.717, 1.165) is 10.0 Å². The molecule has 4 nitrogen and oxygen atoms in total. The van der Waals surface area contributed by atoms with Crippen LogP contribution in [0.4, 0.5) is 11.5 Å². The van der Waals surface area contributed by atoms with Gasteiger partial charge in [0.2, 0.25) is 5.91 Å². The van der Waals surface area contributed by atoms with Gasteiger partial charge in [-0.3, -0.25) is 4.79 Å². The van der Waals surface area contributed by atoms with Gasteiger partial charge in [0.05, 0.1) is 18.3 Å². The molecule has 0 fully saturated rings. The lowest BCUT2D eigenvalue weighted by molar-refractivity contribution is -0.115. The van der Waals surface area contributed by atoms with Gasteiger partial charge in [-0.1, -0.05) is 34.1 Å². The standard InChI is InChI=1S/C13H12BrN3O/c14-11-4-2-1-3-9(11)7-13(18)17-12-6-5-10(15)8-16-12/h1-6,8H,7,15H2,(H,16,17,18). The lowest BCUT2D eigenvalue weighted by atomic mass is 10.1. The van der Waals surface area contributed by atoms with Crippen molar-refractivity contribution >= 4 is 33.3 Å². The fourth-order valence-electron chi connectivity index (χ4n) is 1.48. The Morgan fingerprint density at radius 1 is 1.28 bits per heavy atom. The molecule has 18 heavy (non-hydrogen) atoms. The van der Waals surface area contributed by atoms with E-state index in [1.807, 2.05) is 24.3 Å². The molecule has 1 aromatic heterocycles. The van der Waals surface area contributed by atoms with E-state index in [0.29, 0.717) is 17.9 Å². The number of pyridine rings is 1. The largest absolute Gasteiger partial charge is 0.397 e. The number of nitrogen functional groups attached to an aromatic ring is 1. The summed E-state index contributed by atoms with van der Waals surface area (Å²) < 4.78 is 0.922. The lowest BCUT2D eigenvalue weighted by Crippen LogP contribution is -2.15. The monoisotopic (exact) mass is 305 g/mol. The lowest BCUT2D eigenvalue weighted by Gasteiger charge is -2.06. The normalized spacial score (nSPS) is 10.1. The van der Waals surface area contributed by atoms with E-state index >= 15 is 0 Å². The molecule has 0 aliphatic heterocycles. The van der Waals surface area contributed by atoms with E-state index in [1.165, 1.54) is 6.20 Å². The molecule has 2 rings (SSSR count). The average molecular weight is 306 g/mol. The number of aromatic nitrogens is 1. The highest BCUT2D eigenvalue weighted by Gasteiger charge is 2.07. The molecule has 0 aliphatic carbocycles. The minimum absolute atomic E-state index is 0.112. The third-order valence-electron chi connectivity index (χ3n) is 2.36. The van der Waals surface area contributed by atoms with Crippen LogP contribution < -0.4 is 11.1 Å². The minimum atomic E-state index is -0.112. The van der Waals surface area contributed by atoms with Gasteiger partial charge >= 0.3 is 0 Å². The SMILES string of the molecule is Nc1ccc(NC(=O)Cc2ccccc2Br)nc1. The maximum atomic E-state index is 11.8. The van der Waals surface area contributed by atoms with Crippen molar-refractivity contribution in [1.82, 2.24) is 4.98 Å². The van der Waals surface area contributed by atoms with Gasteiger partial charge in [-0.05, 0) is 23.8 Å². The Morgan fingerprint density at radius 2 is 2.06 bits per heavy atom. The second-order valence-corrected chi connectivity index (χ2v) is 4.65. The topological polar surface area (TPSA) is 68.0 Å². The smallest absolute Gasteiger partial charge is 0.229 e. The molecular formula is C13H12BrN3O. The van der Waals surface area contributed by atoms with Crippen LogP contribution in [0.5, 0.6) is 0 Å². The second-order valence-electron chi connectivity index (χ2n) is 3.79. The Morgan fingerprint density at radius 3 is 2.72 bits per heavy atom. The highest BCUT2D eigenvalue weighted by Crippen LogP contribution is 2.16. The van der Waals surface area contributed by atoms with Crippen molar-refractivity contribution in [3.63, 3.8) is 0 Å². The average Bonchev–Trinajstić information content (AvgIpc) is 2.35. The molecule has 0 atom stereocenters. The zero-order chi connectivity index (χ0) is 13.0. The molecular weight excluding hydrogens is 294 g/mol. The van der Waals surface area contributed by atoms with Crippen LogP contribution in [0.2, 0.25) is 0 Å². The van der Waals surface area contributed by atoms with Crippen LogP contribution in [0.1, 0.15) is 5.56 Å². The Kier molecular flexibility index (Phi) is 3.94. The molecule has 0 aliphatic rings. The van der Waals surface area contributed by atoms with Gasteiger partial charge in [0.15, 0.2) is 0 Å². The van der Waals surface area contributed by atoms with Gasteiger partial charge in [-0.25, -0.2) is 4.98 Å². The van der Waals surface area contributed by atoms with Crippen LogP contribution in [0.15, 0.2) is 47.1 Å². The quantitative estimate of drug-likeness (QED) is 0.916. The van der Waals surface area contributed by atoms with Crippen molar-refractivity contribution in [2.24, 2.45) is 0 Å². The molecule has 0 spiro atoms. The Hall–Kier alpha value is -1.88. The number of hydrogen-bond donors (Lipinski definition) is 2. The van der Waals surface area contributed by atoms with Crippen molar-refractivity contribution in [3.8, 4) is 0 Å². The minimum Gasteiger partial charge on any atom is -0.397 e. The summed E-state index contributed by atoms with van der Waals surface area (Å²) in [5.41, 5.74) is 7.02. The summed E-state index contributed by atoms with van der Waals surface area (Å²) in [6.07, 6.45) is 1.81. The number of nitrogens with zero attached hydrogens (tertiary/aromatic N) is 1. The molecule has 0 bridgehead atoms. The number of rotatable bonds is 3. The van der Waals surface area contributed by atoms with Gasteiger partial charge in [-0.15, -0.1) is 0 Å². The summed E-state index contributed by atoms with van der Waals surface area (Å²) in [5, 5.41) is 2.72. The summed E-state index contributed by atoms with van der Waals surface area (Å²) >= 11 is 3.41. The van der Waals surface area contributed by atoms with Crippen LogP contribution in [0.25, 0.3) is 0 Å². The maximum Gasteiger partial charge on any atom is 0.229 e. The van der Waals surface area contributed by atoms with Crippen LogP contribution in [0.3, 0.4) is 0 Å². The predicted molar refractivity (Wildman–Crippen MR) is 75.1 cm³/mol. The summed E-state index contributed by atoms with van der Waals surface area (Å²) in [6, 6.07) is 11.0. The maximum absolute atomic E-state index is 11.8. The van der Waals surface area contributed by atoms with Crippen molar-refractivity contribution in [2.75, 3.05) is 11.1 Å². The predicted octanol–water partition coefficient (Wildman–Crippen LogP) is 2.61. The summed E-state index contributed by atoms with van der Waals surface area (Å²) in [7, 11) is 0. The Balaban J connectivity index is 2.01. The van der Waals surface area contributed by atoms with E-state index in [1.54, 1.807) is 12.1 Å². The number of carbonyl (C=O) groups excluding carboxylic acids is 1.